The van der Waals surface area contributed by atoms with Crippen LogP contribution in [0.15, 0.2) is 24.3 Å². The van der Waals surface area contributed by atoms with Gasteiger partial charge in [0.05, 0.1) is 0 Å². The summed E-state index contributed by atoms with van der Waals surface area (Å²) in [6, 6.07) is 7.73. The number of amides is 1. The summed E-state index contributed by atoms with van der Waals surface area (Å²) in [5, 5.41) is 11.7. The van der Waals surface area contributed by atoms with Crippen molar-refractivity contribution in [1.29, 1.82) is 0 Å². The van der Waals surface area contributed by atoms with Crippen LogP contribution in [0.1, 0.15) is 48.5 Å². The maximum atomic E-state index is 11.9. The third-order valence-electron chi connectivity index (χ3n) is 2.88. The third kappa shape index (κ3) is 5.32. The second-order valence-corrected chi connectivity index (χ2v) is 4.49. The molecule has 0 saturated carbocycles. The lowest BCUT2D eigenvalue weighted by molar-refractivity contribution is 0.0953. The number of aliphatic hydroxyl groups is 1. The molecule has 100 valence electrons. The minimum Gasteiger partial charge on any atom is -0.396 e. The zero-order chi connectivity index (χ0) is 13.2. The van der Waals surface area contributed by atoms with Gasteiger partial charge in [0.2, 0.25) is 0 Å². The van der Waals surface area contributed by atoms with E-state index in [0.29, 0.717) is 0 Å². The zero-order valence-electron chi connectivity index (χ0n) is 11.1. The first kappa shape index (κ1) is 14.7. The molecule has 3 nitrogen and oxygen atoms in total. The predicted molar refractivity (Wildman–Crippen MR) is 73.7 cm³/mol. The average Bonchev–Trinajstić information content (AvgIpc) is 2.39. The van der Waals surface area contributed by atoms with E-state index in [1.54, 1.807) is 0 Å². The van der Waals surface area contributed by atoms with E-state index in [1.165, 1.54) is 0 Å². The molecule has 0 spiro atoms. The third-order valence-corrected chi connectivity index (χ3v) is 2.88. The summed E-state index contributed by atoms with van der Waals surface area (Å²) < 4.78 is 0. The Kier molecular flexibility index (Phi) is 7.11. The molecule has 0 aliphatic rings. The molecule has 0 fully saturated rings. The number of aryl methyl sites for hydroxylation is 1. The molecule has 0 heterocycles. The molecule has 0 aliphatic heterocycles. The Morgan fingerprint density at radius 2 is 2.11 bits per heavy atom. The van der Waals surface area contributed by atoms with E-state index in [9.17, 15) is 4.79 Å². The summed E-state index contributed by atoms with van der Waals surface area (Å²) in [6.45, 7) is 3.08. The Bertz CT molecular complexity index is 363. The second-order valence-electron chi connectivity index (χ2n) is 4.49. The predicted octanol–water partition coefficient (Wildman–Crippen LogP) is 2.53. The number of carbonyl (C=O) groups is 1. The van der Waals surface area contributed by atoms with Gasteiger partial charge in [-0.25, -0.2) is 0 Å². The van der Waals surface area contributed by atoms with Crippen LogP contribution in [0.3, 0.4) is 0 Å². The van der Waals surface area contributed by atoms with Gasteiger partial charge in [0.25, 0.3) is 5.91 Å². The number of unbranched alkanes of at least 4 members (excludes halogenated alkanes) is 2. The SMILES string of the molecule is CCCCNC(=O)c1cccc(CCCCO)c1. The molecule has 2 N–H and O–H groups in total. The number of hydrogen-bond acceptors (Lipinski definition) is 2. The maximum Gasteiger partial charge on any atom is 0.251 e. The average molecular weight is 249 g/mol. The minimum absolute atomic E-state index is 0.00691. The van der Waals surface area contributed by atoms with Crippen LogP contribution in [-0.4, -0.2) is 24.2 Å². The quantitative estimate of drug-likeness (QED) is 0.696. The van der Waals surface area contributed by atoms with Crippen molar-refractivity contribution in [3.63, 3.8) is 0 Å². The zero-order valence-corrected chi connectivity index (χ0v) is 11.1. The molecule has 1 rings (SSSR count). The number of benzene rings is 1. The van der Waals surface area contributed by atoms with Crippen molar-refractivity contribution in [1.82, 2.24) is 5.32 Å². The van der Waals surface area contributed by atoms with Gasteiger partial charge >= 0.3 is 0 Å². The first-order valence-corrected chi connectivity index (χ1v) is 6.76. The van der Waals surface area contributed by atoms with Gasteiger partial charge in [-0.1, -0.05) is 25.5 Å². The summed E-state index contributed by atoms with van der Waals surface area (Å²) >= 11 is 0. The molecule has 1 aromatic rings. The molecule has 1 amide bonds. The number of aliphatic hydroxyl groups excluding tert-OH is 1. The molecule has 18 heavy (non-hydrogen) atoms. The molecule has 0 bridgehead atoms. The summed E-state index contributed by atoms with van der Waals surface area (Å²) in [5.74, 6) is 0.00691. The van der Waals surface area contributed by atoms with Gasteiger partial charge in [-0.15, -0.1) is 0 Å². The topological polar surface area (TPSA) is 49.3 Å². The Labute approximate surface area is 109 Å². The Hall–Kier alpha value is -1.35. The van der Waals surface area contributed by atoms with Crippen LogP contribution in [0.5, 0.6) is 0 Å². The van der Waals surface area contributed by atoms with Crippen molar-refractivity contribution in [3.05, 3.63) is 35.4 Å². The van der Waals surface area contributed by atoms with Crippen LogP contribution in [-0.2, 0) is 6.42 Å². The number of nitrogens with one attached hydrogen (secondary N) is 1. The van der Waals surface area contributed by atoms with E-state index < -0.39 is 0 Å². The van der Waals surface area contributed by atoms with Crippen LogP contribution in [0.4, 0.5) is 0 Å². The summed E-state index contributed by atoms with van der Waals surface area (Å²) in [5.41, 5.74) is 1.89. The highest BCUT2D eigenvalue weighted by atomic mass is 16.2. The highest BCUT2D eigenvalue weighted by Crippen LogP contribution is 2.08. The fraction of sp³-hybridized carbons (Fsp3) is 0.533. The van der Waals surface area contributed by atoms with Crippen molar-refractivity contribution < 1.29 is 9.90 Å². The van der Waals surface area contributed by atoms with Crippen molar-refractivity contribution in [2.75, 3.05) is 13.2 Å². The maximum absolute atomic E-state index is 11.9. The van der Waals surface area contributed by atoms with Crippen LogP contribution in [0, 0.1) is 0 Å². The van der Waals surface area contributed by atoms with Gasteiger partial charge in [0.15, 0.2) is 0 Å². The molecule has 0 aliphatic carbocycles. The smallest absolute Gasteiger partial charge is 0.251 e. The monoisotopic (exact) mass is 249 g/mol. The van der Waals surface area contributed by atoms with Gasteiger partial charge in [-0.3, -0.25) is 4.79 Å². The van der Waals surface area contributed by atoms with E-state index >= 15 is 0 Å². The molecule has 1 aromatic carbocycles. The lowest BCUT2D eigenvalue weighted by atomic mass is 10.0. The fourth-order valence-corrected chi connectivity index (χ4v) is 1.79. The van der Waals surface area contributed by atoms with E-state index in [-0.39, 0.29) is 12.5 Å². The number of carbonyl (C=O) groups excluding carboxylic acids is 1. The van der Waals surface area contributed by atoms with Gasteiger partial charge in [-0.05, 0) is 43.4 Å². The van der Waals surface area contributed by atoms with Crippen molar-refractivity contribution >= 4 is 5.91 Å². The standard InChI is InChI=1S/C15H23NO2/c1-2-3-10-16-15(18)14-9-6-8-13(12-14)7-4-5-11-17/h6,8-9,12,17H,2-5,7,10-11H2,1H3,(H,16,18). The molecule has 0 unspecified atom stereocenters. The molecular weight excluding hydrogens is 226 g/mol. The van der Waals surface area contributed by atoms with E-state index in [0.717, 1.165) is 49.8 Å². The minimum atomic E-state index is 0.00691. The Morgan fingerprint density at radius 3 is 2.83 bits per heavy atom. The summed E-state index contributed by atoms with van der Waals surface area (Å²) in [4.78, 5) is 11.9. The van der Waals surface area contributed by atoms with Gasteiger partial charge in [0, 0.05) is 18.7 Å². The Balaban J connectivity index is 2.49. The number of hydrogen-bond donors (Lipinski definition) is 2. The lowest BCUT2D eigenvalue weighted by Gasteiger charge is -2.06. The first-order chi connectivity index (χ1) is 8.77. The highest BCUT2D eigenvalue weighted by Gasteiger charge is 2.05. The second kappa shape index (κ2) is 8.70. The molecule has 0 radical (unpaired) electrons. The van der Waals surface area contributed by atoms with E-state index in [4.69, 9.17) is 5.11 Å². The summed E-state index contributed by atoms with van der Waals surface area (Å²) in [7, 11) is 0. The largest absolute Gasteiger partial charge is 0.396 e. The lowest BCUT2D eigenvalue weighted by Crippen LogP contribution is -2.24. The van der Waals surface area contributed by atoms with Crippen LogP contribution >= 0.6 is 0 Å². The van der Waals surface area contributed by atoms with Gasteiger partial charge in [0.1, 0.15) is 0 Å². The van der Waals surface area contributed by atoms with Crippen LogP contribution in [0.25, 0.3) is 0 Å². The van der Waals surface area contributed by atoms with Crippen LogP contribution in [0.2, 0.25) is 0 Å². The highest BCUT2D eigenvalue weighted by molar-refractivity contribution is 5.94. The first-order valence-electron chi connectivity index (χ1n) is 6.76. The van der Waals surface area contributed by atoms with Gasteiger partial charge in [-0.2, -0.15) is 0 Å². The molecule has 0 saturated heterocycles. The molecule has 3 heteroatoms. The fourth-order valence-electron chi connectivity index (χ4n) is 1.79. The van der Waals surface area contributed by atoms with Gasteiger partial charge < -0.3 is 10.4 Å². The van der Waals surface area contributed by atoms with Crippen LogP contribution < -0.4 is 5.32 Å². The van der Waals surface area contributed by atoms with Crippen molar-refractivity contribution in [3.8, 4) is 0 Å². The van der Waals surface area contributed by atoms with Crippen molar-refractivity contribution in [2.24, 2.45) is 0 Å². The Morgan fingerprint density at radius 1 is 1.28 bits per heavy atom. The normalized spacial score (nSPS) is 10.3. The van der Waals surface area contributed by atoms with E-state index in [2.05, 4.69) is 12.2 Å². The van der Waals surface area contributed by atoms with E-state index in [1.807, 2.05) is 24.3 Å². The molecular formula is C15H23NO2. The molecule has 0 aromatic heterocycles. The summed E-state index contributed by atoms with van der Waals surface area (Å²) in [6.07, 6.45) is 4.78. The molecule has 0 atom stereocenters. The number of rotatable bonds is 8. The van der Waals surface area contributed by atoms with Crippen molar-refractivity contribution in [2.45, 2.75) is 39.0 Å².